The van der Waals surface area contributed by atoms with Crippen molar-refractivity contribution in [3.63, 3.8) is 0 Å². The number of nitrogens with two attached hydrogens (primary N) is 1. The van der Waals surface area contributed by atoms with E-state index in [1.807, 2.05) is 36.6 Å². The van der Waals surface area contributed by atoms with Crippen molar-refractivity contribution in [3.8, 4) is 0 Å². The lowest BCUT2D eigenvalue weighted by Gasteiger charge is -1.98. The highest BCUT2D eigenvalue weighted by Crippen LogP contribution is 2.16. The van der Waals surface area contributed by atoms with Gasteiger partial charge in [-0.05, 0) is 54.3 Å². The average molecular weight is 269 g/mol. The summed E-state index contributed by atoms with van der Waals surface area (Å²) in [7, 11) is 0. The summed E-state index contributed by atoms with van der Waals surface area (Å²) < 4.78 is 0. The molecule has 0 bridgehead atoms. The zero-order valence-corrected chi connectivity index (χ0v) is 11.5. The highest BCUT2D eigenvalue weighted by molar-refractivity contribution is 7.98. The molecular formula is C16H15NOS. The van der Waals surface area contributed by atoms with Crippen molar-refractivity contribution in [1.29, 1.82) is 0 Å². The minimum Gasteiger partial charge on any atom is -0.399 e. The summed E-state index contributed by atoms with van der Waals surface area (Å²) in [6.07, 6.45) is 5.44. The minimum absolute atomic E-state index is 0.0195. The summed E-state index contributed by atoms with van der Waals surface area (Å²) in [5.74, 6) is -0.0195. The Labute approximate surface area is 117 Å². The molecule has 3 heteroatoms. The van der Waals surface area contributed by atoms with Gasteiger partial charge < -0.3 is 5.73 Å². The molecule has 96 valence electrons. The summed E-state index contributed by atoms with van der Waals surface area (Å²) in [6, 6.07) is 15.0. The van der Waals surface area contributed by atoms with Crippen molar-refractivity contribution in [2.75, 3.05) is 12.0 Å². The summed E-state index contributed by atoms with van der Waals surface area (Å²) in [5, 5.41) is 0. The first kappa shape index (κ1) is 13.4. The predicted octanol–water partition coefficient (Wildman–Crippen LogP) is 3.89. The molecule has 0 aliphatic carbocycles. The monoisotopic (exact) mass is 269 g/mol. The number of ketones is 1. The van der Waals surface area contributed by atoms with Crippen LogP contribution in [0.15, 0.2) is 59.5 Å². The number of anilines is 1. The highest BCUT2D eigenvalue weighted by atomic mass is 32.2. The Bertz CT molecular complexity index is 585. The molecule has 2 aromatic rings. The lowest BCUT2D eigenvalue weighted by atomic mass is 10.1. The number of carbonyl (C=O) groups excluding carboxylic acids is 1. The zero-order chi connectivity index (χ0) is 13.7. The van der Waals surface area contributed by atoms with E-state index in [-0.39, 0.29) is 5.78 Å². The van der Waals surface area contributed by atoms with Gasteiger partial charge in [-0.1, -0.05) is 18.2 Å². The lowest BCUT2D eigenvalue weighted by Crippen LogP contribution is -1.94. The maximum Gasteiger partial charge on any atom is 0.185 e. The summed E-state index contributed by atoms with van der Waals surface area (Å²) in [4.78, 5) is 13.1. The second kappa shape index (κ2) is 6.25. The number of carbonyl (C=O) groups is 1. The zero-order valence-electron chi connectivity index (χ0n) is 10.7. The van der Waals surface area contributed by atoms with E-state index in [9.17, 15) is 4.79 Å². The largest absolute Gasteiger partial charge is 0.399 e. The molecular weight excluding hydrogens is 254 g/mol. The van der Waals surface area contributed by atoms with Crippen LogP contribution in [0.3, 0.4) is 0 Å². The minimum atomic E-state index is -0.0195. The molecule has 0 fully saturated rings. The lowest BCUT2D eigenvalue weighted by molar-refractivity contribution is 0.104. The van der Waals surface area contributed by atoms with Crippen molar-refractivity contribution < 1.29 is 4.79 Å². The molecule has 19 heavy (non-hydrogen) atoms. The SMILES string of the molecule is CSc1ccc(C=CC(=O)c2ccc(N)cc2)cc1. The van der Waals surface area contributed by atoms with Crippen molar-refractivity contribution in [1.82, 2.24) is 0 Å². The number of nitrogen functional groups attached to an aromatic ring is 1. The number of allylic oxidation sites excluding steroid dienone is 1. The quantitative estimate of drug-likeness (QED) is 0.396. The standard InChI is InChI=1S/C16H15NOS/c1-19-15-9-2-12(3-10-15)4-11-16(18)13-5-7-14(17)8-6-13/h2-11H,17H2,1H3. The van der Waals surface area contributed by atoms with Crippen molar-refractivity contribution in [2.45, 2.75) is 4.90 Å². The van der Waals surface area contributed by atoms with Crippen LogP contribution in [0, 0.1) is 0 Å². The number of thioether (sulfide) groups is 1. The van der Waals surface area contributed by atoms with Crippen LogP contribution in [0.2, 0.25) is 0 Å². The fraction of sp³-hybridized carbons (Fsp3) is 0.0625. The van der Waals surface area contributed by atoms with E-state index in [1.165, 1.54) is 4.90 Å². The fourth-order valence-electron chi connectivity index (χ4n) is 1.63. The van der Waals surface area contributed by atoms with E-state index in [0.29, 0.717) is 11.3 Å². The first-order valence-corrected chi connectivity index (χ1v) is 7.13. The number of hydrogen-bond acceptors (Lipinski definition) is 3. The predicted molar refractivity (Wildman–Crippen MR) is 82.4 cm³/mol. The highest BCUT2D eigenvalue weighted by Gasteiger charge is 2.00. The van der Waals surface area contributed by atoms with Crippen LogP contribution in [0.1, 0.15) is 15.9 Å². The Hall–Kier alpha value is -2.00. The molecule has 2 N–H and O–H groups in total. The van der Waals surface area contributed by atoms with Gasteiger partial charge in [-0.25, -0.2) is 0 Å². The Morgan fingerprint density at radius 1 is 1.05 bits per heavy atom. The molecule has 0 saturated carbocycles. The van der Waals surface area contributed by atoms with Crippen LogP contribution < -0.4 is 5.73 Å². The van der Waals surface area contributed by atoms with E-state index < -0.39 is 0 Å². The van der Waals surface area contributed by atoms with E-state index in [2.05, 4.69) is 0 Å². The second-order valence-corrected chi connectivity index (χ2v) is 4.97. The summed E-state index contributed by atoms with van der Waals surface area (Å²) in [5.41, 5.74) is 7.91. The van der Waals surface area contributed by atoms with Crippen LogP contribution in [0.5, 0.6) is 0 Å². The van der Waals surface area contributed by atoms with Crippen molar-refractivity contribution in [3.05, 3.63) is 65.7 Å². The van der Waals surface area contributed by atoms with E-state index in [4.69, 9.17) is 5.73 Å². The molecule has 2 nitrogen and oxygen atoms in total. The first-order chi connectivity index (χ1) is 9.19. The Kier molecular flexibility index (Phi) is 4.42. The van der Waals surface area contributed by atoms with Gasteiger partial charge in [0, 0.05) is 16.1 Å². The molecule has 2 rings (SSSR count). The van der Waals surface area contributed by atoms with E-state index in [1.54, 1.807) is 42.1 Å². The molecule has 0 radical (unpaired) electrons. The molecule has 2 aromatic carbocycles. The van der Waals surface area contributed by atoms with Crippen LogP contribution in [-0.4, -0.2) is 12.0 Å². The summed E-state index contributed by atoms with van der Waals surface area (Å²) >= 11 is 1.70. The van der Waals surface area contributed by atoms with Gasteiger partial charge in [0.15, 0.2) is 5.78 Å². The molecule has 0 aliphatic rings. The normalized spacial score (nSPS) is 10.8. The van der Waals surface area contributed by atoms with Crippen LogP contribution in [-0.2, 0) is 0 Å². The van der Waals surface area contributed by atoms with Gasteiger partial charge in [-0.3, -0.25) is 4.79 Å². The average Bonchev–Trinajstić information content (AvgIpc) is 2.46. The fourth-order valence-corrected chi connectivity index (χ4v) is 2.04. The van der Waals surface area contributed by atoms with Gasteiger partial charge in [-0.15, -0.1) is 11.8 Å². The molecule has 0 unspecified atom stereocenters. The second-order valence-electron chi connectivity index (χ2n) is 4.09. The molecule has 0 amide bonds. The van der Waals surface area contributed by atoms with Crippen molar-refractivity contribution >= 4 is 29.3 Å². The van der Waals surface area contributed by atoms with E-state index in [0.717, 1.165) is 5.56 Å². The van der Waals surface area contributed by atoms with Gasteiger partial charge in [0.2, 0.25) is 0 Å². The Morgan fingerprint density at radius 3 is 2.26 bits per heavy atom. The van der Waals surface area contributed by atoms with Crippen LogP contribution in [0.4, 0.5) is 5.69 Å². The van der Waals surface area contributed by atoms with Crippen LogP contribution >= 0.6 is 11.8 Å². The third-order valence-electron chi connectivity index (χ3n) is 2.74. The topological polar surface area (TPSA) is 43.1 Å². The third kappa shape index (κ3) is 3.73. The van der Waals surface area contributed by atoms with Gasteiger partial charge >= 0.3 is 0 Å². The first-order valence-electron chi connectivity index (χ1n) is 5.91. The number of benzene rings is 2. The number of rotatable bonds is 4. The van der Waals surface area contributed by atoms with Crippen LogP contribution in [0.25, 0.3) is 6.08 Å². The Morgan fingerprint density at radius 2 is 1.68 bits per heavy atom. The molecule has 0 heterocycles. The summed E-state index contributed by atoms with van der Waals surface area (Å²) in [6.45, 7) is 0. The number of hydrogen-bond donors (Lipinski definition) is 1. The molecule has 0 aliphatic heterocycles. The Balaban J connectivity index is 2.08. The van der Waals surface area contributed by atoms with Gasteiger partial charge in [0.25, 0.3) is 0 Å². The molecule has 0 aromatic heterocycles. The van der Waals surface area contributed by atoms with Crippen molar-refractivity contribution in [2.24, 2.45) is 0 Å². The van der Waals surface area contributed by atoms with Gasteiger partial charge in [0.05, 0.1) is 0 Å². The smallest absolute Gasteiger partial charge is 0.185 e. The maximum absolute atomic E-state index is 11.9. The molecule has 0 saturated heterocycles. The van der Waals surface area contributed by atoms with Gasteiger partial charge in [-0.2, -0.15) is 0 Å². The van der Waals surface area contributed by atoms with E-state index >= 15 is 0 Å². The molecule has 0 spiro atoms. The van der Waals surface area contributed by atoms with Gasteiger partial charge in [0.1, 0.15) is 0 Å². The molecule has 0 atom stereocenters. The maximum atomic E-state index is 11.9. The third-order valence-corrected chi connectivity index (χ3v) is 3.48.